The number of anilines is 1. The lowest BCUT2D eigenvalue weighted by Gasteiger charge is -2.31. The fourth-order valence-corrected chi connectivity index (χ4v) is 2.10. The van der Waals surface area contributed by atoms with Gasteiger partial charge in [0, 0.05) is 38.1 Å². The lowest BCUT2D eigenvalue weighted by molar-refractivity contribution is 0.112. The Bertz CT molecular complexity index is 406. The SMILES string of the molecule is COCCN(c1ccc(C=O)c(C)c1)C(C)COC. The van der Waals surface area contributed by atoms with E-state index < -0.39 is 0 Å². The molecule has 0 saturated heterocycles. The fraction of sp³-hybridized carbons (Fsp3) is 0.533. The normalized spacial score (nSPS) is 12.2. The quantitative estimate of drug-likeness (QED) is 0.676. The van der Waals surface area contributed by atoms with Crippen molar-refractivity contribution in [3.63, 3.8) is 0 Å². The van der Waals surface area contributed by atoms with E-state index in [1.165, 1.54) is 0 Å². The van der Waals surface area contributed by atoms with Crippen LogP contribution in [-0.4, -0.2) is 46.3 Å². The van der Waals surface area contributed by atoms with Crippen LogP contribution in [0.15, 0.2) is 18.2 Å². The number of carbonyl (C=O) groups excluding carboxylic acids is 1. The molecule has 1 unspecified atom stereocenters. The van der Waals surface area contributed by atoms with Gasteiger partial charge in [0.2, 0.25) is 0 Å². The van der Waals surface area contributed by atoms with Crippen molar-refractivity contribution in [2.45, 2.75) is 19.9 Å². The number of carbonyl (C=O) groups is 1. The monoisotopic (exact) mass is 265 g/mol. The van der Waals surface area contributed by atoms with E-state index in [2.05, 4.69) is 11.8 Å². The van der Waals surface area contributed by atoms with Gasteiger partial charge >= 0.3 is 0 Å². The minimum Gasteiger partial charge on any atom is -0.383 e. The molecular weight excluding hydrogens is 242 g/mol. The minimum atomic E-state index is 0.252. The second kappa shape index (κ2) is 7.92. The van der Waals surface area contributed by atoms with Crippen LogP contribution < -0.4 is 4.90 Å². The van der Waals surface area contributed by atoms with Crippen molar-refractivity contribution in [3.8, 4) is 0 Å². The van der Waals surface area contributed by atoms with E-state index in [9.17, 15) is 4.79 Å². The van der Waals surface area contributed by atoms with E-state index in [0.717, 1.165) is 29.6 Å². The van der Waals surface area contributed by atoms with Crippen LogP contribution in [0.25, 0.3) is 0 Å². The molecule has 1 aromatic rings. The first-order valence-electron chi connectivity index (χ1n) is 6.44. The predicted molar refractivity (Wildman–Crippen MR) is 77.1 cm³/mol. The van der Waals surface area contributed by atoms with E-state index in [1.807, 2.05) is 25.1 Å². The molecule has 19 heavy (non-hydrogen) atoms. The van der Waals surface area contributed by atoms with Crippen molar-refractivity contribution in [3.05, 3.63) is 29.3 Å². The number of ether oxygens (including phenoxy) is 2. The number of hydrogen-bond donors (Lipinski definition) is 0. The molecule has 0 aromatic heterocycles. The summed E-state index contributed by atoms with van der Waals surface area (Å²) in [7, 11) is 3.39. The Hall–Kier alpha value is -1.39. The summed E-state index contributed by atoms with van der Waals surface area (Å²) in [5, 5.41) is 0. The van der Waals surface area contributed by atoms with Crippen molar-refractivity contribution in [1.82, 2.24) is 0 Å². The number of methoxy groups -OCH3 is 2. The maximum atomic E-state index is 10.9. The molecule has 0 heterocycles. The molecule has 0 fully saturated rings. The van der Waals surface area contributed by atoms with Crippen LogP contribution in [0.5, 0.6) is 0 Å². The standard InChI is InChI=1S/C15H23NO3/c1-12-9-15(6-5-14(12)10-17)16(7-8-18-3)13(2)11-19-4/h5-6,9-10,13H,7-8,11H2,1-4H3. The summed E-state index contributed by atoms with van der Waals surface area (Å²) < 4.78 is 10.4. The zero-order valence-electron chi connectivity index (χ0n) is 12.2. The van der Waals surface area contributed by atoms with E-state index >= 15 is 0 Å². The molecular formula is C15H23NO3. The van der Waals surface area contributed by atoms with Crippen LogP contribution >= 0.6 is 0 Å². The second-order valence-electron chi connectivity index (χ2n) is 4.65. The Morgan fingerprint density at radius 3 is 2.58 bits per heavy atom. The van der Waals surface area contributed by atoms with Crippen LogP contribution in [-0.2, 0) is 9.47 Å². The van der Waals surface area contributed by atoms with Crippen LogP contribution in [0.2, 0.25) is 0 Å². The van der Waals surface area contributed by atoms with Crippen molar-refractivity contribution < 1.29 is 14.3 Å². The molecule has 0 N–H and O–H groups in total. The topological polar surface area (TPSA) is 38.8 Å². The van der Waals surface area contributed by atoms with Crippen LogP contribution in [0, 0.1) is 6.92 Å². The zero-order valence-corrected chi connectivity index (χ0v) is 12.2. The average molecular weight is 265 g/mol. The highest BCUT2D eigenvalue weighted by Crippen LogP contribution is 2.20. The van der Waals surface area contributed by atoms with Crippen LogP contribution in [0.3, 0.4) is 0 Å². The largest absolute Gasteiger partial charge is 0.383 e. The van der Waals surface area contributed by atoms with E-state index in [4.69, 9.17) is 9.47 Å². The maximum Gasteiger partial charge on any atom is 0.150 e. The third-order valence-corrected chi connectivity index (χ3v) is 3.19. The molecule has 0 amide bonds. The molecule has 0 aliphatic carbocycles. The summed E-state index contributed by atoms with van der Waals surface area (Å²) in [4.78, 5) is 13.1. The first-order chi connectivity index (χ1) is 9.13. The van der Waals surface area contributed by atoms with Gasteiger partial charge in [0.1, 0.15) is 6.29 Å². The fourth-order valence-electron chi connectivity index (χ4n) is 2.10. The summed E-state index contributed by atoms with van der Waals surface area (Å²) in [5.74, 6) is 0. The number of aryl methyl sites for hydroxylation is 1. The molecule has 0 bridgehead atoms. The van der Waals surface area contributed by atoms with Gasteiger partial charge in [-0.3, -0.25) is 4.79 Å². The highest BCUT2D eigenvalue weighted by Gasteiger charge is 2.15. The molecule has 4 heteroatoms. The van der Waals surface area contributed by atoms with Crippen LogP contribution in [0.1, 0.15) is 22.8 Å². The molecule has 1 aromatic carbocycles. The smallest absolute Gasteiger partial charge is 0.150 e. The molecule has 0 aliphatic rings. The maximum absolute atomic E-state index is 10.9. The molecule has 106 valence electrons. The Balaban J connectivity index is 2.95. The van der Waals surface area contributed by atoms with Gasteiger partial charge in [0.25, 0.3) is 0 Å². The van der Waals surface area contributed by atoms with E-state index in [1.54, 1.807) is 14.2 Å². The minimum absolute atomic E-state index is 0.252. The summed E-state index contributed by atoms with van der Waals surface area (Å²) in [5.41, 5.74) is 2.80. The van der Waals surface area contributed by atoms with Gasteiger partial charge in [-0.15, -0.1) is 0 Å². The first kappa shape index (κ1) is 15.7. The summed E-state index contributed by atoms with van der Waals surface area (Å²) in [6, 6.07) is 6.11. The number of hydrogen-bond acceptors (Lipinski definition) is 4. The van der Waals surface area contributed by atoms with Gasteiger partial charge in [0.15, 0.2) is 0 Å². The Labute approximate surface area is 115 Å². The number of aldehydes is 1. The molecule has 4 nitrogen and oxygen atoms in total. The summed E-state index contributed by atoms with van der Waals surface area (Å²) in [6.07, 6.45) is 0.886. The van der Waals surface area contributed by atoms with Crippen molar-refractivity contribution in [2.24, 2.45) is 0 Å². The second-order valence-corrected chi connectivity index (χ2v) is 4.65. The Morgan fingerprint density at radius 1 is 1.32 bits per heavy atom. The lowest BCUT2D eigenvalue weighted by Crippen LogP contribution is -2.38. The predicted octanol–water partition coefficient (Wildman–Crippen LogP) is 2.30. The summed E-state index contributed by atoms with van der Waals surface area (Å²) in [6.45, 7) is 6.16. The van der Waals surface area contributed by atoms with Gasteiger partial charge in [-0.1, -0.05) is 0 Å². The molecule has 0 radical (unpaired) electrons. The highest BCUT2D eigenvalue weighted by molar-refractivity contribution is 5.78. The zero-order chi connectivity index (χ0) is 14.3. The Morgan fingerprint density at radius 2 is 2.05 bits per heavy atom. The number of benzene rings is 1. The van der Waals surface area contributed by atoms with Gasteiger partial charge in [0.05, 0.1) is 13.2 Å². The first-order valence-corrected chi connectivity index (χ1v) is 6.44. The summed E-state index contributed by atoms with van der Waals surface area (Å²) >= 11 is 0. The molecule has 0 saturated carbocycles. The van der Waals surface area contributed by atoms with Crippen molar-refractivity contribution in [1.29, 1.82) is 0 Å². The molecule has 0 aliphatic heterocycles. The Kier molecular flexibility index (Phi) is 6.53. The third-order valence-electron chi connectivity index (χ3n) is 3.19. The lowest BCUT2D eigenvalue weighted by atomic mass is 10.1. The number of rotatable bonds is 8. The van der Waals surface area contributed by atoms with Gasteiger partial charge in [-0.25, -0.2) is 0 Å². The third kappa shape index (κ3) is 4.33. The molecule has 1 rings (SSSR count). The van der Waals surface area contributed by atoms with Gasteiger partial charge in [-0.2, -0.15) is 0 Å². The van der Waals surface area contributed by atoms with E-state index in [0.29, 0.717) is 13.2 Å². The highest BCUT2D eigenvalue weighted by atomic mass is 16.5. The van der Waals surface area contributed by atoms with Gasteiger partial charge in [-0.05, 0) is 37.6 Å². The van der Waals surface area contributed by atoms with Gasteiger partial charge < -0.3 is 14.4 Å². The number of nitrogens with zero attached hydrogens (tertiary/aromatic N) is 1. The molecule has 0 spiro atoms. The van der Waals surface area contributed by atoms with Crippen molar-refractivity contribution >= 4 is 12.0 Å². The van der Waals surface area contributed by atoms with E-state index in [-0.39, 0.29) is 6.04 Å². The average Bonchev–Trinajstić information content (AvgIpc) is 2.39. The molecule has 1 atom stereocenters. The van der Waals surface area contributed by atoms with Crippen LogP contribution in [0.4, 0.5) is 5.69 Å². The van der Waals surface area contributed by atoms with Crippen molar-refractivity contribution in [2.75, 3.05) is 38.9 Å².